The molecule has 0 bridgehead atoms. The van der Waals surface area contributed by atoms with Gasteiger partial charge in [0.05, 0.1) is 25.7 Å². The van der Waals surface area contributed by atoms with Gasteiger partial charge in [-0.15, -0.1) is 16.8 Å². The second kappa shape index (κ2) is 11.6. The number of halogens is 3. The number of rotatable bonds is 11. The zero-order valence-corrected chi connectivity index (χ0v) is 19.2. The van der Waals surface area contributed by atoms with Crippen LogP contribution in [-0.4, -0.2) is 40.1 Å². The fourth-order valence-corrected chi connectivity index (χ4v) is 3.74. The van der Waals surface area contributed by atoms with Crippen LogP contribution in [0.2, 0.25) is 0 Å². The highest BCUT2D eigenvalue weighted by atomic mass is 32.2. The van der Waals surface area contributed by atoms with Gasteiger partial charge >= 0.3 is 6.18 Å². The Morgan fingerprint density at radius 1 is 1.18 bits per heavy atom. The lowest BCUT2D eigenvalue weighted by atomic mass is 10.2. The summed E-state index contributed by atoms with van der Waals surface area (Å²) in [7, 11) is 1.59. The molecule has 7 nitrogen and oxygen atoms in total. The molecule has 1 amide bonds. The first-order valence-corrected chi connectivity index (χ1v) is 11.2. The van der Waals surface area contributed by atoms with Gasteiger partial charge in [-0.25, -0.2) is 0 Å². The minimum atomic E-state index is -4.49. The normalized spacial score (nSPS) is 11.2. The topological polar surface area (TPSA) is 78.3 Å². The Hall–Kier alpha value is -3.47. The summed E-state index contributed by atoms with van der Waals surface area (Å²) in [6.07, 6.45) is -3.00. The molecule has 0 radical (unpaired) electrons. The van der Waals surface area contributed by atoms with Crippen molar-refractivity contribution in [1.29, 1.82) is 0 Å². The molecule has 3 rings (SSSR count). The van der Waals surface area contributed by atoms with Crippen LogP contribution in [0.15, 0.2) is 66.3 Å². The third kappa shape index (κ3) is 7.01. The third-order valence-electron chi connectivity index (χ3n) is 4.54. The zero-order valence-electron chi connectivity index (χ0n) is 18.3. The van der Waals surface area contributed by atoms with Crippen molar-refractivity contribution in [3.8, 4) is 11.5 Å². The number of nitrogens with zero attached hydrogens (tertiary/aromatic N) is 3. The third-order valence-corrected chi connectivity index (χ3v) is 5.47. The Bertz CT molecular complexity index is 1120. The number of nitrogens with one attached hydrogen (secondary N) is 1. The van der Waals surface area contributed by atoms with Crippen molar-refractivity contribution < 1.29 is 27.4 Å². The first kappa shape index (κ1) is 25.2. The highest BCUT2D eigenvalue weighted by Gasteiger charge is 2.30. The zero-order chi connectivity index (χ0) is 24.6. The molecule has 0 aliphatic carbocycles. The van der Waals surface area contributed by atoms with E-state index >= 15 is 0 Å². The van der Waals surface area contributed by atoms with Gasteiger partial charge in [0.1, 0.15) is 17.3 Å². The van der Waals surface area contributed by atoms with Gasteiger partial charge in [0.15, 0.2) is 5.16 Å². The fourth-order valence-electron chi connectivity index (χ4n) is 2.96. The number of alkyl halides is 3. The lowest BCUT2D eigenvalue weighted by Gasteiger charge is -2.11. The average molecular weight is 493 g/mol. The van der Waals surface area contributed by atoms with Crippen molar-refractivity contribution in [3.63, 3.8) is 0 Å². The fraction of sp³-hybridized carbons (Fsp3) is 0.261. The molecular formula is C23H23F3N4O3S. The van der Waals surface area contributed by atoms with Crippen molar-refractivity contribution in [3.05, 3.63) is 72.6 Å². The predicted molar refractivity (Wildman–Crippen MR) is 123 cm³/mol. The first-order chi connectivity index (χ1) is 16.3. The minimum Gasteiger partial charge on any atom is -0.497 e. The maximum atomic E-state index is 12.9. The Morgan fingerprint density at radius 3 is 2.59 bits per heavy atom. The SMILES string of the molecule is C=CCn1c(CC(=O)Nc2cccc(C(F)(F)F)c2)nnc1SCCOc1ccc(OC)cc1. The Morgan fingerprint density at radius 2 is 1.91 bits per heavy atom. The van der Waals surface area contributed by atoms with Crippen molar-refractivity contribution in [2.24, 2.45) is 0 Å². The van der Waals surface area contributed by atoms with Crippen LogP contribution >= 0.6 is 11.8 Å². The van der Waals surface area contributed by atoms with Gasteiger partial charge in [0.2, 0.25) is 5.91 Å². The van der Waals surface area contributed by atoms with Crippen LogP contribution in [0.5, 0.6) is 11.5 Å². The van der Waals surface area contributed by atoms with Crippen molar-refractivity contribution in [2.45, 2.75) is 24.3 Å². The molecule has 3 aromatic rings. The molecule has 0 aliphatic rings. The molecule has 0 atom stereocenters. The van der Waals surface area contributed by atoms with Gasteiger partial charge in [-0.3, -0.25) is 4.79 Å². The standard InChI is InChI=1S/C23H23F3N4O3S/c1-3-11-30-20(15-21(31)27-17-6-4-5-16(14-17)23(24,25)26)28-29-22(30)34-13-12-33-19-9-7-18(32-2)8-10-19/h3-10,14H,1,11-13,15H2,2H3,(H,27,31). The maximum absolute atomic E-state index is 12.9. The summed E-state index contributed by atoms with van der Waals surface area (Å²) in [4.78, 5) is 12.4. The number of hydrogen-bond acceptors (Lipinski definition) is 6. The predicted octanol–water partition coefficient (Wildman–Crippen LogP) is 4.84. The number of benzene rings is 2. The number of amides is 1. The van der Waals surface area contributed by atoms with Gasteiger partial charge in [-0.2, -0.15) is 13.2 Å². The van der Waals surface area contributed by atoms with E-state index in [2.05, 4.69) is 22.1 Å². The largest absolute Gasteiger partial charge is 0.497 e. The molecule has 0 fully saturated rings. The number of methoxy groups -OCH3 is 1. The minimum absolute atomic E-state index is 0.0555. The summed E-state index contributed by atoms with van der Waals surface area (Å²) < 4.78 is 51.2. The Kier molecular flexibility index (Phi) is 8.58. The van der Waals surface area contributed by atoms with Crippen LogP contribution in [0.1, 0.15) is 11.4 Å². The lowest BCUT2D eigenvalue weighted by molar-refractivity contribution is -0.137. The summed E-state index contributed by atoms with van der Waals surface area (Å²) in [5.41, 5.74) is -0.782. The van der Waals surface area contributed by atoms with Gasteiger partial charge < -0.3 is 19.4 Å². The van der Waals surface area contributed by atoms with Crippen LogP contribution in [0.25, 0.3) is 0 Å². The molecule has 34 heavy (non-hydrogen) atoms. The number of anilines is 1. The maximum Gasteiger partial charge on any atom is 0.416 e. The van der Waals surface area contributed by atoms with E-state index in [1.54, 1.807) is 29.9 Å². The van der Waals surface area contributed by atoms with Gasteiger partial charge in [0, 0.05) is 18.0 Å². The van der Waals surface area contributed by atoms with E-state index in [1.165, 1.54) is 23.9 Å². The molecule has 2 aromatic carbocycles. The number of hydrogen-bond donors (Lipinski definition) is 1. The smallest absolute Gasteiger partial charge is 0.416 e. The number of thioether (sulfide) groups is 1. The highest BCUT2D eigenvalue weighted by Crippen LogP contribution is 2.30. The van der Waals surface area contributed by atoms with Crippen molar-refractivity contribution in [1.82, 2.24) is 14.8 Å². The molecule has 0 saturated carbocycles. The van der Waals surface area contributed by atoms with E-state index in [1.807, 2.05) is 12.1 Å². The van der Waals surface area contributed by atoms with Gasteiger partial charge in [-0.1, -0.05) is 23.9 Å². The first-order valence-electron chi connectivity index (χ1n) is 10.2. The van der Waals surface area contributed by atoms with Crippen LogP contribution in [0, 0.1) is 0 Å². The van der Waals surface area contributed by atoms with E-state index < -0.39 is 17.6 Å². The van der Waals surface area contributed by atoms with Gasteiger partial charge in [0.25, 0.3) is 0 Å². The van der Waals surface area contributed by atoms with Gasteiger partial charge in [-0.05, 0) is 42.5 Å². The van der Waals surface area contributed by atoms with E-state index in [4.69, 9.17) is 9.47 Å². The van der Waals surface area contributed by atoms with Crippen LogP contribution in [0.3, 0.4) is 0 Å². The van der Waals surface area contributed by atoms with Crippen molar-refractivity contribution in [2.75, 3.05) is 24.8 Å². The molecule has 180 valence electrons. The molecule has 0 aliphatic heterocycles. The average Bonchev–Trinajstić information content (AvgIpc) is 3.18. The van der Waals surface area contributed by atoms with E-state index in [-0.39, 0.29) is 12.1 Å². The van der Waals surface area contributed by atoms with Crippen LogP contribution in [-0.2, 0) is 23.9 Å². The van der Waals surface area contributed by atoms with Crippen molar-refractivity contribution >= 4 is 23.4 Å². The number of aromatic nitrogens is 3. The van der Waals surface area contributed by atoms with E-state index in [0.29, 0.717) is 35.6 Å². The van der Waals surface area contributed by atoms with E-state index in [9.17, 15) is 18.0 Å². The molecule has 1 N–H and O–H groups in total. The van der Waals surface area contributed by atoms with Crippen LogP contribution in [0.4, 0.5) is 18.9 Å². The lowest BCUT2D eigenvalue weighted by Crippen LogP contribution is -2.18. The molecule has 1 aromatic heterocycles. The molecule has 11 heteroatoms. The second-order valence-electron chi connectivity index (χ2n) is 6.97. The molecule has 0 spiro atoms. The summed E-state index contributed by atoms with van der Waals surface area (Å²) in [6.45, 7) is 4.52. The summed E-state index contributed by atoms with van der Waals surface area (Å²) in [6, 6.07) is 11.7. The molecule has 1 heterocycles. The quantitative estimate of drug-likeness (QED) is 0.234. The number of carbonyl (C=O) groups excluding carboxylic acids is 1. The second-order valence-corrected chi connectivity index (χ2v) is 8.04. The highest BCUT2D eigenvalue weighted by molar-refractivity contribution is 7.99. The Balaban J connectivity index is 1.57. The monoisotopic (exact) mass is 492 g/mol. The number of carbonyl (C=O) groups is 1. The number of ether oxygens (including phenoxy) is 2. The summed E-state index contributed by atoms with van der Waals surface area (Å²) in [5, 5.41) is 11.3. The van der Waals surface area contributed by atoms with Crippen LogP contribution < -0.4 is 14.8 Å². The molecule has 0 saturated heterocycles. The number of allylic oxidation sites excluding steroid dienone is 1. The Labute approximate surface area is 199 Å². The summed E-state index contributed by atoms with van der Waals surface area (Å²) in [5.74, 6) is 1.90. The van der Waals surface area contributed by atoms with E-state index in [0.717, 1.165) is 17.9 Å². The summed E-state index contributed by atoms with van der Waals surface area (Å²) >= 11 is 1.41. The molecular weight excluding hydrogens is 469 g/mol. The molecule has 0 unspecified atom stereocenters.